The van der Waals surface area contributed by atoms with Crippen molar-refractivity contribution in [3.63, 3.8) is 0 Å². The summed E-state index contributed by atoms with van der Waals surface area (Å²) < 4.78 is 20.1. The number of hydrogen-bond donors (Lipinski definition) is 3. The molecular formula is C22H28N2O9. The molecule has 2 rings (SSSR count). The number of aliphatic hydroxyl groups is 1. The Balaban J connectivity index is 2.28. The van der Waals surface area contributed by atoms with Gasteiger partial charge in [0, 0.05) is 17.7 Å². The van der Waals surface area contributed by atoms with Gasteiger partial charge in [-0.3, -0.25) is 9.63 Å². The minimum atomic E-state index is -0.969. The van der Waals surface area contributed by atoms with E-state index in [0.717, 1.165) is 0 Å². The van der Waals surface area contributed by atoms with E-state index >= 15 is 0 Å². The number of ether oxygens (including phenoxy) is 4. The number of aliphatic hydroxyl groups excluding tert-OH is 1. The lowest BCUT2D eigenvalue weighted by atomic mass is 10.2. The number of nitrogens with one attached hydrogen (secondary N) is 1. The van der Waals surface area contributed by atoms with E-state index in [2.05, 4.69) is 5.48 Å². The summed E-state index contributed by atoms with van der Waals surface area (Å²) in [6, 6.07) is 6.45. The first-order valence-electron chi connectivity index (χ1n) is 10.5. The summed E-state index contributed by atoms with van der Waals surface area (Å²) in [6.07, 6.45) is -0.754. The first kappa shape index (κ1) is 25.7. The summed E-state index contributed by atoms with van der Waals surface area (Å²) >= 11 is 0. The van der Waals surface area contributed by atoms with Gasteiger partial charge in [-0.1, -0.05) is 24.3 Å². The number of carbonyl (C=O) groups is 3. The average Bonchev–Trinajstić information content (AvgIpc) is 2.90. The predicted octanol–water partition coefficient (Wildman–Crippen LogP) is 2.81. The van der Waals surface area contributed by atoms with Gasteiger partial charge in [0.1, 0.15) is 5.69 Å². The Morgan fingerprint density at radius 2 is 1.45 bits per heavy atom. The van der Waals surface area contributed by atoms with Gasteiger partial charge >= 0.3 is 12.3 Å². The van der Waals surface area contributed by atoms with Crippen LogP contribution in [0.25, 0.3) is 11.1 Å². The van der Waals surface area contributed by atoms with Crippen molar-refractivity contribution in [1.82, 2.24) is 5.48 Å². The zero-order valence-corrected chi connectivity index (χ0v) is 18.5. The molecule has 0 fully saturated rings. The minimum Gasteiger partial charge on any atom is -0.434 e. The van der Waals surface area contributed by atoms with Crippen molar-refractivity contribution in [3.05, 3.63) is 29.8 Å². The van der Waals surface area contributed by atoms with Crippen LogP contribution in [0.5, 0.6) is 11.5 Å². The maximum atomic E-state index is 12.1. The lowest BCUT2D eigenvalue weighted by Gasteiger charge is -2.06. The lowest BCUT2D eigenvalue weighted by molar-refractivity contribution is -0.132. The molecule has 11 heteroatoms. The number of rotatable bonds is 11. The highest BCUT2D eigenvalue weighted by molar-refractivity contribution is 5.95. The van der Waals surface area contributed by atoms with E-state index in [1.165, 1.54) is 0 Å². The Hall–Kier alpha value is -3.57. The smallest absolute Gasteiger partial charge is 0.434 e. The van der Waals surface area contributed by atoms with Crippen LogP contribution in [0.2, 0.25) is 0 Å². The Morgan fingerprint density at radius 1 is 0.909 bits per heavy atom. The maximum absolute atomic E-state index is 12.1. The molecule has 2 aliphatic carbocycles. The zero-order valence-electron chi connectivity index (χ0n) is 18.5. The van der Waals surface area contributed by atoms with Crippen molar-refractivity contribution in [2.75, 3.05) is 32.2 Å². The fourth-order valence-corrected chi connectivity index (χ4v) is 2.84. The van der Waals surface area contributed by atoms with Crippen molar-refractivity contribution in [1.29, 1.82) is 0 Å². The molecule has 0 aromatic rings. The second-order valence-electron chi connectivity index (χ2n) is 6.69. The molecule has 2 aliphatic rings. The third kappa shape index (κ3) is 7.51. The van der Waals surface area contributed by atoms with Crippen molar-refractivity contribution >= 4 is 23.9 Å². The van der Waals surface area contributed by atoms with Crippen LogP contribution in [0.3, 0.4) is 0 Å². The van der Waals surface area contributed by atoms with Gasteiger partial charge in [0.15, 0.2) is 11.5 Å². The van der Waals surface area contributed by atoms with Gasteiger partial charge in [-0.2, -0.15) is 0 Å². The molecule has 0 saturated heterocycles. The molecule has 0 spiro atoms. The monoisotopic (exact) mass is 464 g/mol. The highest BCUT2D eigenvalue weighted by atomic mass is 16.7. The Morgan fingerprint density at radius 3 is 1.94 bits per heavy atom. The number of anilines is 1. The summed E-state index contributed by atoms with van der Waals surface area (Å²) in [5, 5.41) is 8.74. The largest absolute Gasteiger partial charge is 0.513 e. The quantitative estimate of drug-likeness (QED) is 0.257. The second kappa shape index (κ2) is 13.1. The fraction of sp³-hybridized carbons (Fsp3) is 0.409. The van der Waals surface area contributed by atoms with E-state index < -0.39 is 12.3 Å². The van der Waals surface area contributed by atoms with Crippen LogP contribution in [0.15, 0.2) is 24.3 Å². The van der Waals surface area contributed by atoms with Gasteiger partial charge in [-0.15, -0.1) is 0 Å². The summed E-state index contributed by atoms with van der Waals surface area (Å²) in [4.78, 5) is 41.0. The number of nitrogen functional groups attached to an aromatic ring is 1. The van der Waals surface area contributed by atoms with Crippen LogP contribution in [0, 0.1) is 0 Å². The van der Waals surface area contributed by atoms with Gasteiger partial charge in [0.25, 0.3) is 0 Å². The second-order valence-corrected chi connectivity index (χ2v) is 6.69. The van der Waals surface area contributed by atoms with Crippen molar-refractivity contribution in [3.8, 4) is 22.6 Å². The van der Waals surface area contributed by atoms with E-state index in [4.69, 9.17) is 34.6 Å². The van der Waals surface area contributed by atoms with Crippen LogP contribution in [-0.4, -0.2) is 49.8 Å². The number of hydroxylamine groups is 1. The highest BCUT2D eigenvalue weighted by Gasteiger charge is 2.28. The molecule has 0 bridgehead atoms. The predicted molar refractivity (Wildman–Crippen MR) is 117 cm³/mol. The molecule has 0 aromatic carbocycles. The molecule has 0 unspecified atom stereocenters. The van der Waals surface area contributed by atoms with Crippen molar-refractivity contribution in [2.24, 2.45) is 0 Å². The molecular weight excluding hydrogens is 436 g/mol. The summed E-state index contributed by atoms with van der Waals surface area (Å²) in [5.74, 6) is -0.460. The summed E-state index contributed by atoms with van der Waals surface area (Å²) in [7, 11) is 0. The molecule has 0 heterocycles. The molecule has 0 saturated carbocycles. The van der Waals surface area contributed by atoms with Gasteiger partial charge in [0.2, 0.25) is 5.91 Å². The number of fused-ring (bicyclic) bond motifs is 1. The summed E-state index contributed by atoms with van der Waals surface area (Å²) in [6.45, 7) is 3.78. The molecule has 4 N–H and O–H groups in total. The van der Waals surface area contributed by atoms with Crippen LogP contribution in [0.1, 0.15) is 32.3 Å². The van der Waals surface area contributed by atoms with E-state index in [0.29, 0.717) is 29.5 Å². The van der Waals surface area contributed by atoms with E-state index in [1.807, 2.05) is 0 Å². The topological polar surface area (TPSA) is 156 Å². The standard InChI is InChI=1S/C22H28N2O9/c1-3-29-21(27)32-19-15-9-7-14(13-17(26)24-31-12-6-5-11-25)8-10-16(15)20(18(19)23)33-22(28)30-4-2/h7-10,25H,3-6,11-13,23H2,1-2H3,(H,24,26). The third-order valence-corrected chi connectivity index (χ3v) is 4.30. The molecule has 11 nitrogen and oxygen atoms in total. The molecule has 180 valence electrons. The van der Waals surface area contributed by atoms with E-state index in [-0.39, 0.29) is 55.9 Å². The van der Waals surface area contributed by atoms with Crippen LogP contribution >= 0.6 is 0 Å². The Labute approximate surface area is 191 Å². The van der Waals surface area contributed by atoms with Gasteiger partial charge < -0.3 is 29.8 Å². The molecule has 33 heavy (non-hydrogen) atoms. The Bertz CT molecular complexity index is 875. The highest BCUT2D eigenvalue weighted by Crippen LogP contribution is 2.50. The SMILES string of the molecule is CCOC(=O)Oc1c2ccc(CC(=O)NOCCCCO)ccc-2c(OC(=O)OCC)c1N. The van der Waals surface area contributed by atoms with Crippen molar-refractivity contribution < 1.29 is 43.3 Å². The van der Waals surface area contributed by atoms with Gasteiger partial charge in [-0.25, -0.2) is 15.1 Å². The third-order valence-electron chi connectivity index (χ3n) is 4.30. The fourth-order valence-electron chi connectivity index (χ4n) is 2.84. The van der Waals surface area contributed by atoms with Gasteiger partial charge in [-0.05, 0) is 32.3 Å². The minimum absolute atomic E-state index is 0.00507. The zero-order chi connectivity index (χ0) is 24.2. The van der Waals surface area contributed by atoms with Crippen LogP contribution in [-0.2, 0) is 25.5 Å². The number of nitrogens with two attached hydrogens (primary N) is 1. The lowest BCUT2D eigenvalue weighted by Crippen LogP contribution is -2.25. The molecule has 0 aliphatic heterocycles. The Kier molecular flexibility index (Phi) is 10.2. The number of amides is 1. The number of unbranched alkanes of at least 4 members (excludes halogenated alkanes) is 1. The normalized spacial score (nSPS) is 10.5. The van der Waals surface area contributed by atoms with Crippen LogP contribution < -0.4 is 20.7 Å². The average molecular weight is 464 g/mol. The van der Waals surface area contributed by atoms with E-state index in [9.17, 15) is 14.4 Å². The number of hydrogen-bond acceptors (Lipinski definition) is 10. The summed E-state index contributed by atoms with van der Waals surface area (Å²) in [5.41, 5.74) is 9.69. The number of carbonyl (C=O) groups excluding carboxylic acids is 3. The van der Waals surface area contributed by atoms with Crippen molar-refractivity contribution in [2.45, 2.75) is 33.1 Å². The van der Waals surface area contributed by atoms with Gasteiger partial charge in [0.05, 0.1) is 26.2 Å². The van der Waals surface area contributed by atoms with Crippen LogP contribution in [0.4, 0.5) is 15.3 Å². The molecule has 1 amide bonds. The maximum Gasteiger partial charge on any atom is 0.513 e. The first-order chi connectivity index (χ1) is 15.9. The molecule has 0 aromatic heterocycles. The first-order valence-corrected chi connectivity index (χ1v) is 10.5. The molecule has 0 atom stereocenters. The van der Waals surface area contributed by atoms with E-state index in [1.54, 1.807) is 38.1 Å². The molecule has 0 radical (unpaired) electrons.